The summed E-state index contributed by atoms with van der Waals surface area (Å²) in [7, 11) is 0. The number of aromatic nitrogens is 3. The van der Waals surface area contributed by atoms with Gasteiger partial charge in [0.2, 0.25) is 0 Å². The van der Waals surface area contributed by atoms with Crippen molar-refractivity contribution in [1.29, 1.82) is 0 Å². The predicted molar refractivity (Wildman–Crippen MR) is 94.4 cm³/mol. The number of fused-ring (bicyclic) bond motifs is 1. The Kier molecular flexibility index (Phi) is 4.01. The molecule has 0 atom stereocenters. The average molecular weight is 334 g/mol. The summed E-state index contributed by atoms with van der Waals surface area (Å²) in [6.07, 6.45) is 1.40. The van der Waals surface area contributed by atoms with Gasteiger partial charge in [0.1, 0.15) is 5.52 Å². The van der Waals surface area contributed by atoms with Gasteiger partial charge >= 0.3 is 0 Å². The zero-order valence-corrected chi connectivity index (χ0v) is 13.7. The monoisotopic (exact) mass is 334 g/mol. The third-order valence-corrected chi connectivity index (χ3v) is 4.71. The molecular weight excluding hydrogens is 316 g/mol. The van der Waals surface area contributed by atoms with Gasteiger partial charge in [-0.2, -0.15) is 0 Å². The molecule has 2 heterocycles. The topological polar surface area (TPSA) is 68.1 Å². The fraction of sp³-hybridized carbons (Fsp3) is 0.263. The van der Waals surface area contributed by atoms with E-state index in [1.54, 1.807) is 12.1 Å². The summed E-state index contributed by atoms with van der Waals surface area (Å²) in [5.41, 5.74) is 1.20. The fourth-order valence-electron chi connectivity index (χ4n) is 3.32. The Balaban J connectivity index is 1.52. The number of hydrogen-bond acceptors (Lipinski definition) is 4. The van der Waals surface area contributed by atoms with Crippen molar-refractivity contribution in [2.24, 2.45) is 0 Å². The van der Waals surface area contributed by atoms with E-state index in [1.165, 1.54) is 4.68 Å². The van der Waals surface area contributed by atoms with Crippen LogP contribution in [0.1, 0.15) is 29.2 Å². The maximum Gasteiger partial charge on any atom is 0.277 e. The molecule has 0 N–H and O–H groups in total. The van der Waals surface area contributed by atoms with Crippen LogP contribution in [-0.4, -0.2) is 38.9 Å². The fourth-order valence-corrected chi connectivity index (χ4v) is 3.32. The molecule has 3 aromatic rings. The maximum absolute atomic E-state index is 12.6. The molecule has 0 aliphatic carbocycles. The minimum atomic E-state index is -0.113. The average Bonchev–Trinajstić information content (AvgIpc) is 2.69. The number of carbonyl (C=O) groups excluding carboxylic acids is 1. The maximum atomic E-state index is 12.6. The Morgan fingerprint density at radius 1 is 0.960 bits per heavy atom. The van der Waals surface area contributed by atoms with E-state index in [0.29, 0.717) is 42.4 Å². The summed E-state index contributed by atoms with van der Waals surface area (Å²) < 4.78 is 1.48. The van der Waals surface area contributed by atoms with Crippen molar-refractivity contribution in [2.45, 2.75) is 18.9 Å². The first-order valence-electron chi connectivity index (χ1n) is 8.42. The van der Waals surface area contributed by atoms with Gasteiger partial charge in [-0.05, 0) is 37.1 Å². The van der Waals surface area contributed by atoms with Crippen molar-refractivity contribution in [3.8, 4) is 0 Å². The summed E-state index contributed by atoms with van der Waals surface area (Å²) in [6.45, 7) is 1.22. The lowest BCUT2D eigenvalue weighted by Gasteiger charge is -2.32. The van der Waals surface area contributed by atoms with Gasteiger partial charge in [-0.3, -0.25) is 9.59 Å². The molecule has 4 rings (SSSR count). The molecule has 6 heteroatoms. The van der Waals surface area contributed by atoms with E-state index in [4.69, 9.17) is 0 Å². The van der Waals surface area contributed by atoms with Gasteiger partial charge in [0.05, 0.1) is 11.4 Å². The third kappa shape index (κ3) is 2.91. The summed E-state index contributed by atoms with van der Waals surface area (Å²) in [5, 5.41) is 8.84. The molecule has 1 aliphatic heterocycles. The zero-order valence-electron chi connectivity index (χ0n) is 13.7. The van der Waals surface area contributed by atoms with E-state index in [0.717, 1.165) is 0 Å². The van der Waals surface area contributed by atoms with Gasteiger partial charge in [-0.15, -0.1) is 5.10 Å². The Morgan fingerprint density at radius 2 is 1.64 bits per heavy atom. The van der Waals surface area contributed by atoms with Crippen molar-refractivity contribution < 1.29 is 4.79 Å². The minimum Gasteiger partial charge on any atom is -0.338 e. The summed E-state index contributed by atoms with van der Waals surface area (Å²) in [4.78, 5) is 27.0. The molecule has 6 nitrogen and oxygen atoms in total. The lowest BCUT2D eigenvalue weighted by atomic mass is 10.0. The second-order valence-electron chi connectivity index (χ2n) is 6.25. The third-order valence-electron chi connectivity index (χ3n) is 4.71. The van der Waals surface area contributed by atoms with Crippen LogP contribution >= 0.6 is 0 Å². The molecule has 1 saturated heterocycles. The molecule has 0 spiro atoms. The van der Waals surface area contributed by atoms with Crippen molar-refractivity contribution in [3.63, 3.8) is 0 Å². The van der Waals surface area contributed by atoms with E-state index in [2.05, 4.69) is 10.3 Å². The smallest absolute Gasteiger partial charge is 0.277 e. The van der Waals surface area contributed by atoms with Gasteiger partial charge in [0.15, 0.2) is 0 Å². The minimum absolute atomic E-state index is 0.0237. The Bertz CT molecular complexity index is 960. The second kappa shape index (κ2) is 6.47. The largest absolute Gasteiger partial charge is 0.338 e. The highest BCUT2D eigenvalue weighted by Crippen LogP contribution is 2.22. The van der Waals surface area contributed by atoms with Crippen LogP contribution in [0.5, 0.6) is 0 Å². The Hall–Kier alpha value is -3.02. The molecule has 25 heavy (non-hydrogen) atoms. The molecule has 0 saturated carbocycles. The highest BCUT2D eigenvalue weighted by molar-refractivity contribution is 5.94. The normalized spacial score (nSPS) is 15.4. The number of benzene rings is 2. The number of rotatable bonds is 2. The van der Waals surface area contributed by atoms with E-state index in [9.17, 15) is 9.59 Å². The van der Waals surface area contributed by atoms with Crippen LogP contribution in [-0.2, 0) is 0 Å². The van der Waals surface area contributed by atoms with Gasteiger partial charge in [-0.1, -0.05) is 35.5 Å². The first-order chi connectivity index (χ1) is 12.2. The van der Waals surface area contributed by atoms with Crippen molar-refractivity contribution in [1.82, 2.24) is 19.9 Å². The van der Waals surface area contributed by atoms with Crippen LogP contribution < -0.4 is 5.56 Å². The molecular formula is C19H18N4O2. The van der Waals surface area contributed by atoms with Crippen LogP contribution in [0.3, 0.4) is 0 Å². The van der Waals surface area contributed by atoms with Crippen molar-refractivity contribution in [2.75, 3.05) is 13.1 Å². The van der Waals surface area contributed by atoms with E-state index in [-0.39, 0.29) is 17.5 Å². The highest BCUT2D eigenvalue weighted by atomic mass is 16.2. The number of nitrogens with zero attached hydrogens (tertiary/aromatic N) is 4. The van der Waals surface area contributed by atoms with Gasteiger partial charge < -0.3 is 4.90 Å². The first kappa shape index (κ1) is 15.5. The van der Waals surface area contributed by atoms with E-state index >= 15 is 0 Å². The van der Waals surface area contributed by atoms with Gasteiger partial charge in [0.25, 0.3) is 11.5 Å². The van der Waals surface area contributed by atoms with Crippen LogP contribution in [0.4, 0.5) is 0 Å². The van der Waals surface area contributed by atoms with Crippen LogP contribution in [0.25, 0.3) is 10.9 Å². The number of piperidine rings is 1. The van der Waals surface area contributed by atoms with Crippen molar-refractivity contribution >= 4 is 16.8 Å². The first-order valence-corrected chi connectivity index (χ1v) is 8.42. The predicted octanol–water partition coefficient (Wildman–Crippen LogP) is 2.27. The number of carbonyl (C=O) groups is 1. The van der Waals surface area contributed by atoms with E-state index < -0.39 is 0 Å². The number of likely N-dealkylation sites (tertiary alicyclic amines) is 1. The number of hydrogen-bond donors (Lipinski definition) is 0. The molecule has 0 unspecified atom stereocenters. The quantitative estimate of drug-likeness (QED) is 0.721. The molecule has 1 amide bonds. The highest BCUT2D eigenvalue weighted by Gasteiger charge is 2.26. The summed E-state index contributed by atoms with van der Waals surface area (Å²) >= 11 is 0. The molecule has 1 fully saturated rings. The Labute approximate surface area is 144 Å². The lowest BCUT2D eigenvalue weighted by Crippen LogP contribution is -2.41. The van der Waals surface area contributed by atoms with Crippen LogP contribution in [0.15, 0.2) is 59.4 Å². The molecule has 1 aromatic heterocycles. The SMILES string of the molecule is O=C(c1ccccc1)N1CCC(n2nnc3ccccc3c2=O)CC1. The lowest BCUT2D eigenvalue weighted by molar-refractivity contribution is 0.0687. The second-order valence-corrected chi connectivity index (χ2v) is 6.25. The standard InChI is InChI=1S/C19H18N4O2/c24-18(14-6-2-1-3-7-14)22-12-10-15(11-13-22)23-19(25)16-8-4-5-9-17(16)20-21-23/h1-9,15H,10-13H2. The van der Waals surface area contributed by atoms with Crippen LogP contribution in [0.2, 0.25) is 0 Å². The summed E-state index contributed by atoms with van der Waals surface area (Å²) in [5.74, 6) is 0.0380. The number of amides is 1. The van der Waals surface area contributed by atoms with E-state index in [1.807, 2.05) is 47.4 Å². The van der Waals surface area contributed by atoms with Gasteiger partial charge in [0, 0.05) is 18.7 Å². The van der Waals surface area contributed by atoms with Crippen molar-refractivity contribution in [3.05, 3.63) is 70.5 Å². The molecule has 0 radical (unpaired) electrons. The van der Waals surface area contributed by atoms with Gasteiger partial charge in [-0.25, -0.2) is 4.68 Å². The molecule has 126 valence electrons. The Morgan fingerprint density at radius 3 is 2.40 bits per heavy atom. The molecule has 1 aliphatic rings. The van der Waals surface area contributed by atoms with Crippen LogP contribution in [0, 0.1) is 0 Å². The summed E-state index contributed by atoms with van der Waals surface area (Å²) in [6, 6.07) is 16.5. The zero-order chi connectivity index (χ0) is 17.2. The molecule has 0 bridgehead atoms. The molecule has 2 aromatic carbocycles.